The first-order chi connectivity index (χ1) is 14.4. The van der Waals surface area contributed by atoms with Crippen molar-refractivity contribution in [1.82, 2.24) is 4.98 Å². The van der Waals surface area contributed by atoms with Crippen LogP contribution in [0.1, 0.15) is 23.7 Å². The Morgan fingerprint density at radius 1 is 1.17 bits per heavy atom. The fourth-order valence-electron chi connectivity index (χ4n) is 2.75. The van der Waals surface area contributed by atoms with Crippen molar-refractivity contribution in [2.45, 2.75) is 32.3 Å². The van der Waals surface area contributed by atoms with Gasteiger partial charge in [0.25, 0.3) is 0 Å². The molecule has 3 rings (SSSR count). The van der Waals surface area contributed by atoms with Crippen LogP contribution >= 0.6 is 34.7 Å². The van der Waals surface area contributed by atoms with Gasteiger partial charge in [-0.2, -0.15) is 0 Å². The molecule has 3 aromatic rings. The summed E-state index contributed by atoms with van der Waals surface area (Å²) in [4.78, 5) is 31.3. The number of halogens is 1. The predicted octanol–water partition coefficient (Wildman–Crippen LogP) is 5.93. The average Bonchev–Trinajstić information content (AvgIpc) is 3.17. The normalized spacial score (nSPS) is 10.7. The number of carbonyl (C=O) groups is 2. The molecule has 0 aliphatic carbocycles. The molecular formula is C22H21ClN2O3S2. The minimum atomic E-state index is -0.354. The molecule has 1 amide bonds. The highest BCUT2D eigenvalue weighted by Crippen LogP contribution is 2.32. The summed E-state index contributed by atoms with van der Waals surface area (Å²) in [5, 5.41) is 2.95. The van der Waals surface area contributed by atoms with Gasteiger partial charge in [0.1, 0.15) is 6.61 Å². The first kappa shape index (κ1) is 22.3. The Labute approximate surface area is 189 Å². The number of esters is 1. The van der Waals surface area contributed by atoms with Crippen molar-refractivity contribution in [3.63, 3.8) is 0 Å². The summed E-state index contributed by atoms with van der Waals surface area (Å²) < 4.78 is 5.33. The summed E-state index contributed by atoms with van der Waals surface area (Å²) in [7, 11) is 0. The lowest BCUT2D eigenvalue weighted by atomic mass is 10.1. The zero-order valence-corrected chi connectivity index (χ0v) is 19.2. The standard InChI is InChI=1S/C22H21ClN2O3S2/c1-14-7-6-9-19(15(14)2)25(16(3)26)22-24-17(12-30-22)11-28-21(27)13-29-20-10-5-4-8-18(20)23/h4-10,12H,11,13H2,1-3H3. The van der Waals surface area contributed by atoms with Crippen LogP contribution in [0.3, 0.4) is 0 Å². The molecule has 0 N–H and O–H groups in total. The Morgan fingerprint density at radius 3 is 2.67 bits per heavy atom. The number of amides is 1. The van der Waals surface area contributed by atoms with E-state index in [1.54, 1.807) is 16.3 Å². The lowest BCUT2D eigenvalue weighted by molar-refractivity contribution is -0.141. The highest BCUT2D eigenvalue weighted by Gasteiger charge is 2.20. The van der Waals surface area contributed by atoms with Gasteiger partial charge in [-0.05, 0) is 43.2 Å². The fourth-order valence-corrected chi connectivity index (χ4v) is 4.65. The topological polar surface area (TPSA) is 59.5 Å². The number of hydrogen-bond donors (Lipinski definition) is 0. The lowest BCUT2D eigenvalue weighted by Gasteiger charge is -2.21. The van der Waals surface area contributed by atoms with E-state index in [0.717, 1.165) is 21.7 Å². The minimum absolute atomic E-state index is 0.0525. The molecule has 0 bridgehead atoms. The molecule has 8 heteroatoms. The molecule has 0 saturated carbocycles. The number of ether oxygens (including phenoxy) is 1. The fraction of sp³-hybridized carbons (Fsp3) is 0.227. The highest BCUT2D eigenvalue weighted by molar-refractivity contribution is 8.00. The van der Waals surface area contributed by atoms with Crippen LogP contribution in [0.15, 0.2) is 52.7 Å². The third kappa shape index (κ3) is 5.41. The predicted molar refractivity (Wildman–Crippen MR) is 123 cm³/mol. The number of benzene rings is 2. The second kappa shape index (κ2) is 10.1. The van der Waals surface area contributed by atoms with Gasteiger partial charge in [0, 0.05) is 17.2 Å². The van der Waals surface area contributed by atoms with Gasteiger partial charge < -0.3 is 4.74 Å². The molecule has 0 aliphatic heterocycles. The van der Waals surface area contributed by atoms with Crippen LogP contribution < -0.4 is 4.90 Å². The average molecular weight is 461 g/mol. The number of rotatable bonds is 7. The largest absolute Gasteiger partial charge is 0.459 e. The van der Waals surface area contributed by atoms with E-state index in [1.807, 2.05) is 50.2 Å². The number of aryl methyl sites for hydroxylation is 1. The van der Waals surface area contributed by atoms with Crippen LogP contribution in [0.25, 0.3) is 0 Å². The first-order valence-electron chi connectivity index (χ1n) is 9.21. The summed E-state index contributed by atoms with van der Waals surface area (Å²) in [6, 6.07) is 13.2. The molecule has 0 saturated heterocycles. The Hall–Kier alpha value is -2.35. The monoisotopic (exact) mass is 460 g/mol. The third-order valence-electron chi connectivity index (χ3n) is 4.43. The van der Waals surface area contributed by atoms with Crippen LogP contribution in [-0.4, -0.2) is 22.6 Å². The number of hydrogen-bond acceptors (Lipinski definition) is 6. The zero-order chi connectivity index (χ0) is 21.7. The SMILES string of the molecule is CC(=O)N(c1nc(COC(=O)CSc2ccccc2Cl)cs1)c1cccc(C)c1C. The van der Waals surface area contributed by atoms with E-state index in [2.05, 4.69) is 4.98 Å². The first-order valence-corrected chi connectivity index (χ1v) is 11.5. The van der Waals surface area contributed by atoms with Gasteiger partial charge in [0.15, 0.2) is 5.13 Å². The highest BCUT2D eigenvalue weighted by atomic mass is 35.5. The minimum Gasteiger partial charge on any atom is -0.459 e. The van der Waals surface area contributed by atoms with Gasteiger partial charge in [-0.1, -0.05) is 35.9 Å². The number of aromatic nitrogens is 1. The third-order valence-corrected chi connectivity index (χ3v) is 6.79. The quantitative estimate of drug-likeness (QED) is 0.323. The second-order valence-electron chi connectivity index (χ2n) is 6.57. The summed E-state index contributed by atoms with van der Waals surface area (Å²) in [6.45, 7) is 5.55. The summed E-state index contributed by atoms with van der Waals surface area (Å²) in [5.74, 6) is -0.326. The maximum absolute atomic E-state index is 12.3. The van der Waals surface area contributed by atoms with Gasteiger partial charge in [-0.3, -0.25) is 14.5 Å². The van der Waals surface area contributed by atoms with Gasteiger partial charge in [0.2, 0.25) is 5.91 Å². The summed E-state index contributed by atoms with van der Waals surface area (Å²) in [6.07, 6.45) is 0. The lowest BCUT2D eigenvalue weighted by Crippen LogP contribution is -2.23. The Balaban J connectivity index is 1.63. The molecule has 1 aromatic heterocycles. The number of thiazole rings is 1. The van der Waals surface area contributed by atoms with Crippen molar-refractivity contribution in [3.05, 3.63) is 69.7 Å². The van der Waals surface area contributed by atoms with E-state index >= 15 is 0 Å². The van der Waals surface area contributed by atoms with Crippen molar-refractivity contribution in [2.24, 2.45) is 0 Å². The van der Waals surface area contributed by atoms with E-state index in [4.69, 9.17) is 16.3 Å². The molecule has 0 fully saturated rings. The van der Waals surface area contributed by atoms with Crippen LogP contribution in [0.2, 0.25) is 5.02 Å². The second-order valence-corrected chi connectivity index (χ2v) is 8.84. The molecule has 0 atom stereocenters. The summed E-state index contributed by atoms with van der Waals surface area (Å²) in [5.41, 5.74) is 3.52. The maximum atomic E-state index is 12.3. The van der Waals surface area contributed by atoms with Crippen molar-refractivity contribution in [2.75, 3.05) is 10.7 Å². The van der Waals surface area contributed by atoms with Gasteiger partial charge >= 0.3 is 5.97 Å². The molecule has 0 radical (unpaired) electrons. The van der Waals surface area contributed by atoms with Crippen molar-refractivity contribution >= 4 is 57.4 Å². The van der Waals surface area contributed by atoms with Gasteiger partial charge in [-0.15, -0.1) is 23.1 Å². The Bertz CT molecular complexity index is 1070. The Kier molecular flexibility index (Phi) is 7.53. The molecule has 0 aliphatic rings. The molecule has 30 heavy (non-hydrogen) atoms. The molecule has 5 nitrogen and oxygen atoms in total. The van der Waals surface area contributed by atoms with Crippen molar-refractivity contribution in [1.29, 1.82) is 0 Å². The van der Waals surface area contributed by atoms with E-state index in [9.17, 15) is 9.59 Å². The van der Waals surface area contributed by atoms with E-state index in [0.29, 0.717) is 15.8 Å². The van der Waals surface area contributed by atoms with E-state index in [1.165, 1.54) is 30.0 Å². The van der Waals surface area contributed by atoms with Crippen LogP contribution in [0.5, 0.6) is 0 Å². The van der Waals surface area contributed by atoms with Crippen molar-refractivity contribution in [3.8, 4) is 0 Å². The Morgan fingerprint density at radius 2 is 1.93 bits per heavy atom. The number of anilines is 2. The molecule has 1 heterocycles. The van der Waals surface area contributed by atoms with Crippen molar-refractivity contribution < 1.29 is 14.3 Å². The maximum Gasteiger partial charge on any atom is 0.316 e. The molecule has 156 valence electrons. The molecule has 0 spiro atoms. The molecule has 2 aromatic carbocycles. The van der Waals surface area contributed by atoms with Gasteiger partial charge in [-0.25, -0.2) is 4.98 Å². The van der Waals surface area contributed by atoms with Gasteiger partial charge in [0.05, 0.1) is 22.2 Å². The van der Waals surface area contributed by atoms with Crippen LogP contribution in [-0.2, 0) is 20.9 Å². The molecule has 0 unspecified atom stereocenters. The van der Waals surface area contributed by atoms with E-state index < -0.39 is 0 Å². The summed E-state index contributed by atoms with van der Waals surface area (Å²) >= 11 is 8.76. The number of thioether (sulfide) groups is 1. The zero-order valence-electron chi connectivity index (χ0n) is 16.8. The van der Waals surface area contributed by atoms with E-state index in [-0.39, 0.29) is 24.2 Å². The van der Waals surface area contributed by atoms with Crippen LogP contribution in [0.4, 0.5) is 10.8 Å². The number of nitrogens with zero attached hydrogens (tertiary/aromatic N) is 2. The molecular weight excluding hydrogens is 440 g/mol. The number of carbonyl (C=O) groups excluding carboxylic acids is 2. The van der Waals surface area contributed by atoms with Crippen LogP contribution in [0, 0.1) is 13.8 Å². The smallest absolute Gasteiger partial charge is 0.316 e.